The Morgan fingerprint density at radius 3 is 2.52 bits per heavy atom. The molecule has 5 heteroatoms. The molecule has 0 radical (unpaired) electrons. The van der Waals surface area contributed by atoms with E-state index in [0.717, 1.165) is 24.4 Å². The van der Waals surface area contributed by atoms with Gasteiger partial charge in [-0.15, -0.1) is 11.3 Å². The Morgan fingerprint density at radius 2 is 2.00 bits per heavy atom. The molecule has 0 fully saturated rings. The molecule has 2 aromatic rings. The first-order valence-corrected chi connectivity index (χ1v) is 8.05. The van der Waals surface area contributed by atoms with Crippen LogP contribution in [0.15, 0.2) is 29.6 Å². The molecule has 0 amide bonds. The van der Waals surface area contributed by atoms with E-state index in [9.17, 15) is 0 Å². The van der Waals surface area contributed by atoms with Crippen molar-refractivity contribution < 1.29 is 4.74 Å². The van der Waals surface area contributed by atoms with E-state index in [1.54, 1.807) is 7.11 Å². The smallest absolute Gasteiger partial charge is 0.180 e. The zero-order valence-corrected chi connectivity index (χ0v) is 13.6. The van der Waals surface area contributed by atoms with Crippen LogP contribution in [0.5, 0.6) is 5.75 Å². The van der Waals surface area contributed by atoms with Crippen LogP contribution in [-0.2, 0) is 6.42 Å². The number of hydrogen-bond acceptors (Lipinski definition) is 5. The Hall–Kier alpha value is -1.59. The fourth-order valence-electron chi connectivity index (χ4n) is 2.34. The van der Waals surface area contributed by atoms with E-state index in [1.165, 1.54) is 16.9 Å². The summed E-state index contributed by atoms with van der Waals surface area (Å²) in [5, 5.41) is 6.28. The van der Waals surface area contributed by atoms with Gasteiger partial charge >= 0.3 is 0 Å². The van der Waals surface area contributed by atoms with Crippen LogP contribution in [0.3, 0.4) is 0 Å². The summed E-state index contributed by atoms with van der Waals surface area (Å²) in [5.41, 5.74) is 7.99. The van der Waals surface area contributed by atoms with Gasteiger partial charge in [0.15, 0.2) is 5.13 Å². The van der Waals surface area contributed by atoms with Crippen LogP contribution in [0.4, 0.5) is 5.13 Å². The Kier molecular flexibility index (Phi) is 5.59. The van der Waals surface area contributed by atoms with Gasteiger partial charge in [-0.2, -0.15) is 0 Å². The lowest BCUT2D eigenvalue weighted by atomic mass is 9.96. The van der Waals surface area contributed by atoms with E-state index in [2.05, 4.69) is 36.3 Å². The molecule has 0 aliphatic rings. The first-order chi connectivity index (χ1) is 10.1. The number of methoxy groups -OCH3 is 1. The van der Waals surface area contributed by atoms with Crippen LogP contribution in [0, 0.1) is 5.92 Å². The van der Waals surface area contributed by atoms with Crippen molar-refractivity contribution in [3.05, 3.63) is 40.9 Å². The van der Waals surface area contributed by atoms with Gasteiger partial charge in [0.05, 0.1) is 12.8 Å². The summed E-state index contributed by atoms with van der Waals surface area (Å²) < 4.78 is 5.21. The van der Waals surface area contributed by atoms with Gasteiger partial charge in [0.25, 0.3) is 0 Å². The molecule has 0 aliphatic heterocycles. The maximum absolute atomic E-state index is 5.65. The highest BCUT2D eigenvalue weighted by Crippen LogP contribution is 2.24. The van der Waals surface area contributed by atoms with Crippen molar-refractivity contribution in [1.82, 2.24) is 10.3 Å². The molecule has 2 rings (SSSR count). The molecule has 0 spiro atoms. The summed E-state index contributed by atoms with van der Waals surface area (Å²) in [7, 11) is 1.69. The van der Waals surface area contributed by atoms with Crippen molar-refractivity contribution in [2.75, 3.05) is 19.4 Å². The van der Waals surface area contributed by atoms with Gasteiger partial charge in [0.1, 0.15) is 5.75 Å². The van der Waals surface area contributed by atoms with Gasteiger partial charge < -0.3 is 15.8 Å². The molecular weight excluding hydrogens is 282 g/mol. The van der Waals surface area contributed by atoms with E-state index in [4.69, 9.17) is 10.5 Å². The van der Waals surface area contributed by atoms with E-state index >= 15 is 0 Å². The van der Waals surface area contributed by atoms with Gasteiger partial charge in [0.2, 0.25) is 0 Å². The van der Waals surface area contributed by atoms with Gasteiger partial charge in [0, 0.05) is 24.4 Å². The van der Waals surface area contributed by atoms with Crippen molar-refractivity contribution >= 4 is 16.5 Å². The number of nitrogens with zero attached hydrogens (tertiary/aromatic N) is 1. The zero-order chi connectivity index (χ0) is 15.2. The number of rotatable bonds is 7. The number of ether oxygens (including phenoxy) is 1. The summed E-state index contributed by atoms with van der Waals surface area (Å²) in [6.07, 6.45) is 0.896. The molecule has 0 saturated heterocycles. The van der Waals surface area contributed by atoms with Crippen molar-refractivity contribution in [3.8, 4) is 5.75 Å². The normalized spacial score (nSPS) is 12.6. The predicted molar refractivity (Wildman–Crippen MR) is 88.8 cm³/mol. The summed E-state index contributed by atoms with van der Waals surface area (Å²) in [6, 6.07) is 8.59. The maximum atomic E-state index is 5.65. The van der Waals surface area contributed by atoms with Gasteiger partial charge in [-0.1, -0.05) is 26.0 Å². The minimum atomic E-state index is 0.326. The van der Waals surface area contributed by atoms with Crippen LogP contribution in [0.2, 0.25) is 0 Å². The SMILES string of the molecule is COc1ccc(C(NCCc2csc(N)n2)C(C)C)cc1. The highest BCUT2D eigenvalue weighted by molar-refractivity contribution is 7.13. The van der Waals surface area contributed by atoms with Crippen molar-refractivity contribution in [2.45, 2.75) is 26.3 Å². The molecule has 114 valence electrons. The lowest BCUT2D eigenvalue weighted by molar-refractivity contribution is 0.406. The van der Waals surface area contributed by atoms with Crippen LogP contribution in [0.25, 0.3) is 0 Å². The first kappa shape index (κ1) is 15.8. The maximum Gasteiger partial charge on any atom is 0.180 e. The number of aromatic nitrogens is 1. The van der Waals surface area contributed by atoms with Crippen molar-refractivity contribution in [2.24, 2.45) is 5.92 Å². The predicted octanol–water partition coefficient (Wildman–Crippen LogP) is 3.26. The van der Waals surface area contributed by atoms with E-state index < -0.39 is 0 Å². The zero-order valence-electron chi connectivity index (χ0n) is 12.8. The Balaban J connectivity index is 1.95. The van der Waals surface area contributed by atoms with Crippen molar-refractivity contribution in [3.63, 3.8) is 0 Å². The van der Waals surface area contributed by atoms with Crippen LogP contribution in [-0.4, -0.2) is 18.6 Å². The second-order valence-electron chi connectivity index (χ2n) is 5.38. The number of nitrogens with one attached hydrogen (secondary N) is 1. The Labute approximate surface area is 130 Å². The molecule has 3 N–H and O–H groups in total. The summed E-state index contributed by atoms with van der Waals surface area (Å²) in [6.45, 7) is 5.34. The molecule has 0 aliphatic carbocycles. The summed E-state index contributed by atoms with van der Waals surface area (Å²) in [4.78, 5) is 4.29. The molecule has 1 heterocycles. The minimum Gasteiger partial charge on any atom is -0.497 e. The van der Waals surface area contributed by atoms with Gasteiger partial charge in [-0.25, -0.2) is 4.98 Å². The number of thiazole rings is 1. The second-order valence-corrected chi connectivity index (χ2v) is 6.27. The third kappa shape index (κ3) is 4.44. The monoisotopic (exact) mass is 305 g/mol. The fourth-order valence-corrected chi connectivity index (χ4v) is 2.94. The van der Waals surface area contributed by atoms with Crippen LogP contribution >= 0.6 is 11.3 Å². The number of hydrogen-bond donors (Lipinski definition) is 2. The molecule has 0 bridgehead atoms. The number of nitrogen functional groups attached to an aromatic ring is 1. The lowest BCUT2D eigenvalue weighted by Gasteiger charge is -2.23. The Bertz CT molecular complexity index is 551. The van der Waals surface area contributed by atoms with Crippen molar-refractivity contribution in [1.29, 1.82) is 0 Å². The standard InChI is InChI=1S/C16H23N3OS/c1-11(2)15(12-4-6-14(20-3)7-5-12)18-9-8-13-10-21-16(17)19-13/h4-7,10-11,15,18H,8-9H2,1-3H3,(H2,17,19). The third-order valence-electron chi connectivity index (χ3n) is 3.46. The highest BCUT2D eigenvalue weighted by Gasteiger charge is 2.15. The molecule has 4 nitrogen and oxygen atoms in total. The number of anilines is 1. The lowest BCUT2D eigenvalue weighted by Crippen LogP contribution is -2.27. The number of benzene rings is 1. The van der Waals surface area contributed by atoms with E-state index in [-0.39, 0.29) is 0 Å². The Morgan fingerprint density at radius 1 is 1.29 bits per heavy atom. The van der Waals surface area contributed by atoms with Gasteiger partial charge in [-0.3, -0.25) is 0 Å². The molecule has 1 aromatic heterocycles. The van der Waals surface area contributed by atoms with Gasteiger partial charge in [-0.05, 0) is 23.6 Å². The molecule has 1 unspecified atom stereocenters. The third-order valence-corrected chi connectivity index (χ3v) is 4.18. The summed E-state index contributed by atoms with van der Waals surface area (Å²) in [5.74, 6) is 1.40. The fraction of sp³-hybridized carbons (Fsp3) is 0.438. The first-order valence-electron chi connectivity index (χ1n) is 7.17. The quantitative estimate of drug-likeness (QED) is 0.824. The highest BCUT2D eigenvalue weighted by atomic mass is 32.1. The molecule has 1 atom stereocenters. The molecule has 1 aromatic carbocycles. The van der Waals surface area contributed by atoms with Crippen LogP contribution < -0.4 is 15.8 Å². The topological polar surface area (TPSA) is 60.2 Å². The minimum absolute atomic E-state index is 0.326. The average Bonchev–Trinajstić information content (AvgIpc) is 2.89. The second kappa shape index (κ2) is 7.43. The van der Waals surface area contributed by atoms with E-state index in [1.807, 2.05) is 17.5 Å². The molecule has 21 heavy (non-hydrogen) atoms. The largest absolute Gasteiger partial charge is 0.497 e. The number of nitrogens with two attached hydrogens (primary N) is 1. The average molecular weight is 305 g/mol. The van der Waals surface area contributed by atoms with E-state index in [0.29, 0.717) is 17.1 Å². The molecule has 0 saturated carbocycles. The summed E-state index contributed by atoms with van der Waals surface area (Å²) >= 11 is 1.50. The van der Waals surface area contributed by atoms with Crippen LogP contribution in [0.1, 0.15) is 31.1 Å². The molecular formula is C16H23N3OS.